The van der Waals surface area contributed by atoms with Crippen molar-refractivity contribution >= 4 is 17.6 Å². The molecular weight excluding hydrogens is 353 g/mol. The van der Waals surface area contributed by atoms with Crippen molar-refractivity contribution in [3.05, 3.63) is 53.8 Å². The van der Waals surface area contributed by atoms with Crippen molar-refractivity contribution in [2.45, 2.75) is 6.42 Å². The second kappa shape index (κ2) is 10.0. The molecule has 0 unspecified atom stereocenters. The van der Waals surface area contributed by atoms with Gasteiger partial charge in [-0.2, -0.15) is 0 Å². The molecule has 144 valence electrons. The number of carbonyl (C=O) groups excluding carboxylic acids is 2. The van der Waals surface area contributed by atoms with Crippen LogP contribution in [0, 0.1) is 5.82 Å². The first kappa shape index (κ1) is 20.0. The van der Waals surface area contributed by atoms with Gasteiger partial charge in [-0.05, 0) is 30.7 Å². The van der Waals surface area contributed by atoms with Crippen LogP contribution < -0.4 is 25.4 Å². The van der Waals surface area contributed by atoms with Crippen molar-refractivity contribution in [1.82, 2.24) is 10.6 Å². The summed E-state index contributed by atoms with van der Waals surface area (Å²) in [6, 6.07) is 10.4. The molecule has 0 fully saturated rings. The molecule has 0 aromatic heterocycles. The Morgan fingerprint density at radius 2 is 1.74 bits per heavy atom. The molecule has 0 heterocycles. The van der Waals surface area contributed by atoms with Gasteiger partial charge in [-0.3, -0.25) is 4.79 Å². The van der Waals surface area contributed by atoms with Crippen LogP contribution in [0.15, 0.2) is 42.5 Å². The molecular formula is C19H22FN3O4. The topological polar surface area (TPSA) is 88.7 Å². The first-order chi connectivity index (χ1) is 13.0. The molecule has 2 aromatic carbocycles. The van der Waals surface area contributed by atoms with Crippen LogP contribution in [-0.4, -0.2) is 39.2 Å². The Balaban J connectivity index is 1.74. The van der Waals surface area contributed by atoms with Gasteiger partial charge in [0, 0.05) is 19.2 Å². The second-order valence-corrected chi connectivity index (χ2v) is 5.54. The van der Waals surface area contributed by atoms with E-state index in [-0.39, 0.29) is 5.56 Å². The molecule has 0 atom stereocenters. The smallest absolute Gasteiger partial charge is 0.319 e. The maximum absolute atomic E-state index is 13.5. The number of ether oxygens (including phenoxy) is 2. The number of nitrogens with one attached hydrogen (secondary N) is 3. The van der Waals surface area contributed by atoms with E-state index in [1.807, 2.05) is 0 Å². The highest BCUT2D eigenvalue weighted by atomic mass is 19.1. The van der Waals surface area contributed by atoms with Gasteiger partial charge >= 0.3 is 6.03 Å². The first-order valence-corrected chi connectivity index (χ1v) is 8.34. The number of carbonyl (C=O) groups is 2. The van der Waals surface area contributed by atoms with Crippen molar-refractivity contribution in [3.8, 4) is 11.5 Å². The van der Waals surface area contributed by atoms with Gasteiger partial charge in [-0.15, -0.1) is 0 Å². The molecule has 27 heavy (non-hydrogen) atoms. The molecule has 0 bridgehead atoms. The van der Waals surface area contributed by atoms with E-state index in [0.717, 1.165) is 0 Å². The van der Waals surface area contributed by atoms with Gasteiger partial charge < -0.3 is 25.4 Å². The molecule has 2 aromatic rings. The molecule has 7 nitrogen and oxygen atoms in total. The lowest BCUT2D eigenvalue weighted by atomic mass is 10.2. The van der Waals surface area contributed by atoms with Gasteiger partial charge in [0.25, 0.3) is 5.91 Å². The number of amides is 3. The summed E-state index contributed by atoms with van der Waals surface area (Å²) in [5.74, 6) is 0.0310. The van der Waals surface area contributed by atoms with Crippen LogP contribution in [0.4, 0.5) is 14.9 Å². The van der Waals surface area contributed by atoms with E-state index < -0.39 is 17.8 Å². The first-order valence-electron chi connectivity index (χ1n) is 8.34. The van der Waals surface area contributed by atoms with E-state index in [1.165, 1.54) is 32.4 Å². The molecule has 0 aliphatic carbocycles. The van der Waals surface area contributed by atoms with Crippen molar-refractivity contribution in [1.29, 1.82) is 0 Å². The molecule has 0 saturated carbocycles. The third kappa shape index (κ3) is 5.88. The fraction of sp³-hybridized carbons (Fsp3) is 0.263. The van der Waals surface area contributed by atoms with Crippen molar-refractivity contribution in [2.24, 2.45) is 0 Å². The molecule has 2 rings (SSSR count). The van der Waals surface area contributed by atoms with Crippen molar-refractivity contribution in [2.75, 3.05) is 32.6 Å². The zero-order chi connectivity index (χ0) is 19.6. The van der Waals surface area contributed by atoms with Gasteiger partial charge in [0.05, 0.1) is 25.5 Å². The minimum atomic E-state index is -0.570. The Kier molecular flexibility index (Phi) is 7.42. The molecule has 0 saturated heterocycles. The van der Waals surface area contributed by atoms with Crippen LogP contribution in [0.3, 0.4) is 0 Å². The Labute approximate surface area is 156 Å². The number of benzene rings is 2. The number of hydrogen-bond acceptors (Lipinski definition) is 4. The summed E-state index contributed by atoms with van der Waals surface area (Å²) in [6.07, 6.45) is 0.489. The highest BCUT2D eigenvalue weighted by Gasteiger charge is 2.10. The van der Waals surface area contributed by atoms with E-state index in [0.29, 0.717) is 36.7 Å². The van der Waals surface area contributed by atoms with Crippen LogP contribution in [0.2, 0.25) is 0 Å². The Bertz CT molecular complexity index is 798. The SMILES string of the molecule is COc1ccc(OC)c(NC(=O)NCCCNC(=O)c2ccccc2F)c1. The highest BCUT2D eigenvalue weighted by Crippen LogP contribution is 2.28. The number of methoxy groups -OCH3 is 2. The average Bonchev–Trinajstić information content (AvgIpc) is 2.67. The Hall–Kier alpha value is -3.29. The van der Waals surface area contributed by atoms with Gasteiger partial charge in [-0.25, -0.2) is 9.18 Å². The van der Waals surface area contributed by atoms with E-state index in [2.05, 4.69) is 16.0 Å². The normalized spacial score (nSPS) is 10.0. The number of hydrogen-bond donors (Lipinski definition) is 3. The largest absolute Gasteiger partial charge is 0.497 e. The summed E-state index contributed by atoms with van der Waals surface area (Å²) in [5.41, 5.74) is 0.468. The van der Waals surface area contributed by atoms with Gasteiger partial charge in [0.1, 0.15) is 17.3 Å². The Morgan fingerprint density at radius 3 is 2.44 bits per heavy atom. The van der Waals surface area contributed by atoms with Gasteiger partial charge in [-0.1, -0.05) is 12.1 Å². The minimum absolute atomic E-state index is 0.00618. The van der Waals surface area contributed by atoms with Crippen LogP contribution in [0.25, 0.3) is 0 Å². The van der Waals surface area contributed by atoms with Crippen molar-refractivity contribution in [3.63, 3.8) is 0 Å². The van der Waals surface area contributed by atoms with Crippen LogP contribution in [0.5, 0.6) is 11.5 Å². The van der Waals surface area contributed by atoms with E-state index >= 15 is 0 Å². The summed E-state index contributed by atoms with van der Waals surface area (Å²) in [5, 5.41) is 7.96. The fourth-order valence-electron chi connectivity index (χ4n) is 2.31. The summed E-state index contributed by atoms with van der Waals surface area (Å²) in [6.45, 7) is 0.631. The standard InChI is InChI=1S/C19H22FN3O4/c1-26-13-8-9-17(27-2)16(12-13)23-19(25)22-11-5-10-21-18(24)14-6-3-4-7-15(14)20/h3-4,6-9,12H,5,10-11H2,1-2H3,(H,21,24)(H2,22,23,25). The zero-order valence-corrected chi connectivity index (χ0v) is 15.2. The number of urea groups is 1. The van der Waals surface area contributed by atoms with Gasteiger partial charge in [0.2, 0.25) is 0 Å². The summed E-state index contributed by atoms with van der Waals surface area (Å²) < 4.78 is 23.8. The third-order valence-corrected chi connectivity index (χ3v) is 3.70. The van der Waals surface area contributed by atoms with Crippen LogP contribution in [0.1, 0.15) is 16.8 Å². The quantitative estimate of drug-likeness (QED) is 0.619. The van der Waals surface area contributed by atoms with E-state index in [9.17, 15) is 14.0 Å². The molecule has 0 aliphatic rings. The maximum atomic E-state index is 13.5. The zero-order valence-electron chi connectivity index (χ0n) is 15.2. The lowest BCUT2D eigenvalue weighted by molar-refractivity contribution is 0.0949. The second-order valence-electron chi connectivity index (χ2n) is 5.54. The highest BCUT2D eigenvalue weighted by molar-refractivity contribution is 5.94. The molecule has 0 aliphatic heterocycles. The molecule has 8 heteroatoms. The lowest BCUT2D eigenvalue weighted by Gasteiger charge is -2.12. The number of halogens is 1. The minimum Gasteiger partial charge on any atom is -0.497 e. The van der Waals surface area contributed by atoms with Crippen LogP contribution >= 0.6 is 0 Å². The lowest BCUT2D eigenvalue weighted by Crippen LogP contribution is -2.32. The van der Waals surface area contributed by atoms with E-state index in [4.69, 9.17) is 9.47 Å². The molecule has 3 N–H and O–H groups in total. The van der Waals surface area contributed by atoms with E-state index in [1.54, 1.807) is 24.3 Å². The third-order valence-electron chi connectivity index (χ3n) is 3.70. The molecule has 0 spiro atoms. The molecule has 0 radical (unpaired) electrons. The number of anilines is 1. The van der Waals surface area contributed by atoms with Crippen molar-refractivity contribution < 1.29 is 23.5 Å². The summed E-state index contributed by atoms with van der Waals surface area (Å²) >= 11 is 0. The Morgan fingerprint density at radius 1 is 1.00 bits per heavy atom. The fourth-order valence-corrected chi connectivity index (χ4v) is 2.31. The summed E-state index contributed by atoms with van der Waals surface area (Å²) in [4.78, 5) is 23.8. The predicted octanol–water partition coefficient (Wildman–Crippen LogP) is 2.78. The summed E-state index contributed by atoms with van der Waals surface area (Å²) in [7, 11) is 3.03. The van der Waals surface area contributed by atoms with Gasteiger partial charge in [0.15, 0.2) is 0 Å². The average molecular weight is 375 g/mol. The predicted molar refractivity (Wildman–Crippen MR) is 99.9 cm³/mol. The van der Waals surface area contributed by atoms with Crippen LogP contribution in [-0.2, 0) is 0 Å². The monoisotopic (exact) mass is 375 g/mol. The molecule has 3 amide bonds. The maximum Gasteiger partial charge on any atom is 0.319 e. The number of rotatable bonds is 8.